The minimum Gasteiger partial charge on any atom is -0.319 e. The Bertz CT molecular complexity index is 845. The molecule has 120 valence electrons. The van der Waals surface area contributed by atoms with Crippen LogP contribution in [-0.4, -0.2) is 30.4 Å². The molecule has 0 saturated carbocycles. The first-order valence-corrected chi connectivity index (χ1v) is 9.75. The second-order valence-electron chi connectivity index (χ2n) is 5.68. The van der Waals surface area contributed by atoms with E-state index in [-0.39, 0.29) is 23.8 Å². The van der Waals surface area contributed by atoms with Crippen molar-refractivity contribution >= 4 is 37.3 Å². The summed E-state index contributed by atoms with van der Waals surface area (Å²) in [5.74, 6) is -0.356. The maximum absolute atomic E-state index is 11.9. The highest BCUT2D eigenvalue weighted by atomic mass is 32.2. The van der Waals surface area contributed by atoms with E-state index in [0.717, 1.165) is 10.2 Å². The van der Waals surface area contributed by atoms with Gasteiger partial charge in [0.15, 0.2) is 14.6 Å². The van der Waals surface area contributed by atoms with Crippen LogP contribution in [0.25, 0.3) is 10.2 Å². The monoisotopic (exact) mass is 340 g/mol. The second kappa shape index (κ2) is 6.75. The summed E-state index contributed by atoms with van der Waals surface area (Å²) >= 11 is 1.42. The van der Waals surface area contributed by atoms with Crippen LogP contribution < -0.4 is 4.80 Å². The van der Waals surface area contributed by atoms with Crippen LogP contribution in [0.3, 0.4) is 0 Å². The van der Waals surface area contributed by atoms with Crippen molar-refractivity contribution in [3.63, 3.8) is 0 Å². The van der Waals surface area contributed by atoms with Gasteiger partial charge in [-0.25, -0.2) is 8.42 Å². The number of aryl methyl sites for hydroxylation is 1. The highest BCUT2D eigenvalue weighted by Gasteiger charge is 2.15. The molecule has 0 N–H and O–H groups in total. The zero-order valence-corrected chi connectivity index (χ0v) is 14.6. The fourth-order valence-electron chi connectivity index (χ4n) is 2.18. The van der Waals surface area contributed by atoms with E-state index in [1.54, 1.807) is 0 Å². The van der Waals surface area contributed by atoms with Crippen LogP contribution in [-0.2, 0) is 21.7 Å². The van der Waals surface area contributed by atoms with E-state index in [0.29, 0.717) is 4.80 Å². The number of carbonyl (C=O) groups is 1. The van der Waals surface area contributed by atoms with Gasteiger partial charge in [-0.2, -0.15) is 4.99 Å². The van der Waals surface area contributed by atoms with Crippen molar-refractivity contribution in [1.82, 2.24) is 4.57 Å². The summed E-state index contributed by atoms with van der Waals surface area (Å²) in [6.07, 6.45) is -0.0662. The number of hydrogen-bond acceptors (Lipinski definition) is 4. The SMILES string of the molecule is CC(C)CS(=O)(=O)CCC(=O)N=c1sc2ccccc2n1C. The van der Waals surface area contributed by atoms with Crippen LogP contribution in [0.4, 0.5) is 0 Å². The molecule has 0 saturated heterocycles. The van der Waals surface area contributed by atoms with E-state index in [9.17, 15) is 13.2 Å². The third-order valence-corrected chi connectivity index (χ3v) is 6.26. The Morgan fingerprint density at radius 2 is 2.00 bits per heavy atom. The number of sulfone groups is 1. The smallest absolute Gasteiger partial charge is 0.249 e. The summed E-state index contributed by atoms with van der Waals surface area (Å²) in [7, 11) is -1.34. The molecule has 0 spiro atoms. The van der Waals surface area contributed by atoms with Crippen LogP contribution in [0.2, 0.25) is 0 Å². The number of aromatic nitrogens is 1. The Morgan fingerprint density at radius 3 is 2.64 bits per heavy atom. The average Bonchev–Trinajstić information content (AvgIpc) is 2.73. The molecule has 0 radical (unpaired) electrons. The maximum Gasteiger partial charge on any atom is 0.249 e. The molecule has 1 heterocycles. The van der Waals surface area contributed by atoms with Crippen LogP contribution in [0.5, 0.6) is 0 Å². The Kier molecular flexibility index (Phi) is 5.18. The number of para-hydroxylation sites is 1. The van der Waals surface area contributed by atoms with Crippen molar-refractivity contribution in [2.45, 2.75) is 20.3 Å². The molecule has 0 bridgehead atoms. The van der Waals surface area contributed by atoms with Crippen LogP contribution in [0.15, 0.2) is 29.3 Å². The number of nitrogens with zero attached hydrogens (tertiary/aromatic N) is 2. The molecule has 0 aliphatic rings. The van der Waals surface area contributed by atoms with Gasteiger partial charge in [-0.1, -0.05) is 37.3 Å². The second-order valence-corrected chi connectivity index (χ2v) is 8.91. The summed E-state index contributed by atoms with van der Waals surface area (Å²) in [4.78, 5) is 16.6. The molecule has 5 nitrogen and oxygen atoms in total. The van der Waals surface area contributed by atoms with Gasteiger partial charge in [0, 0.05) is 13.5 Å². The molecule has 1 amide bonds. The van der Waals surface area contributed by atoms with Crippen molar-refractivity contribution in [3.8, 4) is 0 Å². The number of benzene rings is 1. The van der Waals surface area contributed by atoms with Crippen LogP contribution in [0, 0.1) is 5.92 Å². The fourth-order valence-corrected chi connectivity index (χ4v) is 4.89. The van der Waals surface area contributed by atoms with E-state index >= 15 is 0 Å². The Labute approximate surface area is 134 Å². The minimum absolute atomic E-state index is 0.0662. The molecule has 0 atom stereocenters. The van der Waals surface area contributed by atoms with Crippen molar-refractivity contribution in [1.29, 1.82) is 0 Å². The first kappa shape index (κ1) is 16.9. The zero-order valence-electron chi connectivity index (χ0n) is 12.9. The molecule has 2 rings (SSSR count). The molecule has 0 aliphatic carbocycles. The molecule has 0 unspecified atom stereocenters. The lowest BCUT2D eigenvalue weighted by atomic mass is 10.3. The van der Waals surface area contributed by atoms with Gasteiger partial charge in [0.1, 0.15) is 0 Å². The molecule has 7 heteroatoms. The van der Waals surface area contributed by atoms with Gasteiger partial charge >= 0.3 is 0 Å². The Morgan fingerprint density at radius 1 is 1.32 bits per heavy atom. The number of rotatable bonds is 5. The average molecular weight is 340 g/mol. The Hall–Kier alpha value is -1.47. The van der Waals surface area contributed by atoms with Crippen molar-refractivity contribution in [3.05, 3.63) is 29.1 Å². The van der Waals surface area contributed by atoms with Gasteiger partial charge in [0.2, 0.25) is 5.91 Å². The third-order valence-electron chi connectivity index (χ3n) is 3.15. The summed E-state index contributed by atoms with van der Waals surface area (Å²) in [6, 6.07) is 7.79. The number of fused-ring (bicyclic) bond motifs is 1. The molecule has 22 heavy (non-hydrogen) atoms. The number of thiazole rings is 1. The molecule has 0 aliphatic heterocycles. The zero-order chi connectivity index (χ0) is 16.3. The van der Waals surface area contributed by atoms with Crippen LogP contribution >= 0.6 is 11.3 Å². The Balaban J connectivity index is 2.15. The quantitative estimate of drug-likeness (QED) is 0.837. The number of hydrogen-bond donors (Lipinski definition) is 0. The van der Waals surface area contributed by atoms with E-state index < -0.39 is 15.7 Å². The van der Waals surface area contributed by atoms with E-state index in [4.69, 9.17) is 0 Å². The topological polar surface area (TPSA) is 68.5 Å². The lowest BCUT2D eigenvalue weighted by Crippen LogP contribution is -2.19. The highest BCUT2D eigenvalue weighted by Crippen LogP contribution is 2.15. The normalized spacial score (nSPS) is 13.2. The van der Waals surface area contributed by atoms with Gasteiger partial charge in [-0.3, -0.25) is 4.79 Å². The van der Waals surface area contributed by atoms with Gasteiger partial charge in [-0.05, 0) is 18.1 Å². The lowest BCUT2D eigenvalue weighted by molar-refractivity contribution is -0.117. The maximum atomic E-state index is 11.9. The van der Waals surface area contributed by atoms with Crippen molar-refractivity contribution < 1.29 is 13.2 Å². The highest BCUT2D eigenvalue weighted by molar-refractivity contribution is 7.91. The minimum atomic E-state index is -3.19. The molecule has 1 aromatic heterocycles. The molecular formula is C15H20N2O3S2. The van der Waals surface area contributed by atoms with Crippen LogP contribution in [0.1, 0.15) is 20.3 Å². The van der Waals surface area contributed by atoms with Crippen molar-refractivity contribution in [2.24, 2.45) is 18.0 Å². The largest absolute Gasteiger partial charge is 0.319 e. The van der Waals surface area contributed by atoms with E-state index in [2.05, 4.69) is 4.99 Å². The number of carbonyl (C=O) groups excluding carboxylic acids is 1. The van der Waals surface area contributed by atoms with Crippen molar-refractivity contribution in [2.75, 3.05) is 11.5 Å². The number of amides is 1. The predicted octanol–water partition coefficient (Wildman–Crippen LogP) is 2.13. The molecule has 1 aromatic carbocycles. The fraction of sp³-hybridized carbons (Fsp3) is 0.467. The lowest BCUT2D eigenvalue weighted by Gasteiger charge is -2.05. The summed E-state index contributed by atoms with van der Waals surface area (Å²) < 4.78 is 26.5. The van der Waals surface area contributed by atoms with Gasteiger partial charge in [-0.15, -0.1) is 0 Å². The molecule has 0 fully saturated rings. The third kappa shape index (κ3) is 4.27. The first-order chi connectivity index (χ1) is 10.3. The van der Waals surface area contributed by atoms with Gasteiger partial charge in [0.05, 0.1) is 21.7 Å². The predicted molar refractivity (Wildman–Crippen MR) is 89.5 cm³/mol. The molecular weight excluding hydrogens is 320 g/mol. The summed E-state index contributed by atoms with van der Waals surface area (Å²) in [6.45, 7) is 3.70. The first-order valence-electron chi connectivity index (χ1n) is 7.11. The summed E-state index contributed by atoms with van der Waals surface area (Å²) in [5.41, 5.74) is 1.01. The van der Waals surface area contributed by atoms with Gasteiger partial charge < -0.3 is 4.57 Å². The standard InChI is InChI=1S/C15H20N2O3S2/c1-11(2)10-22(19,20)9-8-14(18)16-15-17(3)12-6-4-5-7-13(12)21-15/h4-7,11H,8-10H2,1-3H3. The van der Waals surface area contributed by atoms with Gasteiger partial charge in [0.25, 0.3) is 0 Å². The summed E-state index contributed by atoms with van der Waals surface area (Å²) in [5, 5.41) is 0. The molecule has 2 aromatic rings. The van der Waals surface area contributed by atoms with E-state index in [1.165, 1.54) is 11.3 Å². The van der Waals surface area contributed by atoms with E-state index in [1.807, 2.05) is 49.7 Å².